The molecule has 8 heteroatoms. The number of carbonyl (C=O) groups is 2. The molecule has 0 bridgehead atoms. The van der Waals surface area contributed by atoms with Crippen LogP contribution in [0.15, 0.2) is 54.6 Å². The topological polar surface area (TPSA) is 90.0 Å². The zero-order valence-corrected chi connectivity index (χ0v) is 15.6. The summed E-state index contributed by atoms with van der Waals surface area (Å²) in [6.45, 7) is 1.76. The Morgan fingerprint density at radius 3 is 2.39 bits per heavy atom. The largest absolute Gasteiger partial charge is 0.366 e. The summed E-state index contributed by atoms with van der Waals surface area (Å²) in [4.78, 5) is 23.2. The Morgan fingerprint density at radius 1 is 1.14 bits per heavy atom. The van der Waals surface area contributed by atoms with Crippen LogP contribution in [0.1, 0.15) is 21.6 Å². The molecule has 1 heterocycles. The maximum absolute atomic E-state index is 13.1. The molecule has 0 aliphatic carbocycles. The molecule has 3 rings (SSSR count). The van der Waals surface area contributed by atoms with Gasteiger partial charge in [0.2, 0.25) is 11.8 Å². The number of primary amides is 1. The first-order valence-electron chi connectivity index (χ1n) is 8.25. The van der Waals surface area contributed by atoms with Gasteiger partial charge in [-0.15, -0.1) is 0 Å². The molecule has 0 saturated heterocycles. The maximum Gasteiger partial charge on any atom is 0.248 e. The number of aryl methyl sites for hydroxylation is 1. The van der Waals surface area contributed by atoms with Gasteiger partial charge < -0.3 is 11.1 Å². The van der Waals surface area contributed by atoms with Crippen LogP contribution in [0.4, 0.5) is 10.1 Å². The van der Waals surface area contributed by atoms with E-state index >= 15 is 0 Å². The Hall–Kier alpha value is -3.45. The number of nitrogens with one attached hydrogen (secondary N) is 1. The average molecular weight is 399 g/mol. The molecule has 0 atom stereocenters. The number of benzene rings is 2. The van der Waals surface area contributed by atoms with Crippen LogP contribution in [0.5, 0.6) is 0 Å². The summed E-state index contributed by atoms with van der Waals surface area (Å²) in [5, 5.41) is 7.31. The molecule has 0 saturated carbocycles. The lowest BCUT2D eigenvalue weighted by atomic mass is 10.2. The third-order valence-corrected chi connectivity index (χ3v) is 4.32. The molecule has 142 valence electrons. The molecule has 3 aromatic rings. The summed E-state index contributed by atoms with van der Waals surface area (Å²) >= 11 is 6.37. The third kappa shape index (κ3) is 4.27. The monoisotopic (exact) mass is 398 g/mol. The lowest BCUT2D eigenvalue weighted by Crippen LogP contribution is -2.11. The van der Waals surface area contributed by atoms with Crippen molar-refractivity contribution in [1.82, 2.24) is 9.78 Å². The number of hydrogen-bond acceptors (Lipinski definition) is 3. The molecule has 2 aromatic carbocycles. The second-order valence-electron chi connectivity index (χ2n) is 5.94. The summed E-state index contributed by atoms with van der Waals surface area (Å²) in [7, 11) is 0. The molecule has 0 aliphatic rings. The molecule has 3 N–H and O–H groups in total. The van der Waals surface area contributed by atoms with Crippen LogP contribution in [0.3, 0.4) is 0 Å². The standard InChI is InChI=1S/C20H16ClFN4O2/c1-12-17(19(21)26(25-12)16-8-4-14(22)5-9-16)10-11-18(27)24-15-6-2-13(3-7-15)20(23)28/h2-11H,1H3,(H2,23,28)(H,24,27)/b11-10+. The summed E-state index contributed by atoms with van der Waals surface area (Å²) < 4.78 is 14.6. The highest BCUT2D eigenvalue weighted by Gasteiger charge is 2.13. The second-order valence-corrected chi connectivity index (χ2v) is 6.30. The Kier molecular flexibility index (Phi) is 5.56. The molecule has 6 nitrogen and oxygen atoms in total. The number of anilines is 1. The van der Waals surface area contributed by atoms with Crippen molar-refractivity contribution in [3.8, 4) is 5.69 Å². The van der Waals surface area contributed by atoms with Gasteiger partial charge in [0.15, 0.2) is 0 Å². The van der Waals surface area contributed by atoms with Crippen molar-refractivity contribution < 1.29 is 14.0 Å². The van der Waals surface area contributed by atoms with Crippen molar-refractivity contribution in [2.24, 2.45) is 5.73 Å². The van der Waals surface area contributed by atoms with Gasteiger partial charge in [-0.3, -0.25) is 9.59 Å². The number of rotatable bonds is 5. The van der Waals surface area contributed by atoms with Gasteiger partial charge in [-0.2, -0.15) is 5.10 Å². The maximum atomic E-state index is 13.1. The summed E-state index contributed by atoms with van der Waals surface area (Å²) in [6.07, 6.45) is 2.88. The van der Waals surface area contributed by atoms with Gasteiger partial charge in [0.05, 0.1) is 11.4 Å². The quantitative estimate of drug-likeness (QED) is 0.642. The van der Waals surface area contributed by atoms with E-state index in [0.717, 1.165) is 0 Å². The SMILES string of the molecule is Cc1nn(-c2ccc(F)cc2)c(Cl)c1/C=C/C(=O)Nc1ccc(C(N)=O)cc1. The first kappa shape index (κ1) is 19.3. The van der Waals surface area contributed by atoms with Crippen LogP contribution in [0.25, 0.3) is 11.8 Å². The number of carbonyl (C=O) groups excluding carboxylic acids is 2. The number of halogens is 2. The highest BCUT2D eigenvalue weighted by atomic mass is 35.5. The predicted molar refractivity (Wildman–Crippen MR) is 106 cm³/mol. The third-order valence-electron chi connectivity index (χ3n) is 3.96. The molecule has 0 spiro atoms. The minimum absolute atomic E-state index is 0.305. The lowest BCUT2D eigenvalue weighted by Gasteiger charge is -2.03. The molecule has 28 heavy (non-hydrogen) atoms. The fourth-order valence-electron chi connectivity index (χ4n) is 2.51. The first-order valence-corrected chi connectivity index (χ1v) is 8.63. The molecular formula is C20H16ClFN4O2. The van der Waals surface area contributed by atoms with Crippen molar-refractivity contribution in [2.75, 3.05) is 5.32 Å². The molecule has 2 amide bonds. The molecule has 1 aromatic heterocycles. The van der Waals surface area contributed by atoms with E-state index in [1.54, 1.807) is 37.3 Å². The molecule has 0 fully saturated rings. The highest BCUT2D eigenvalue weighted by molar-refractivity contribution is 6.31. The van der Waals surface area contributed by atoms with Gasteiger partial charge >= 0.3 is 0 Å². The van der Waals surface area contributed by atoms with Crippen LogP contribution in [0, 0.1) is 12.7 Å². The highest BCUT2D eigenvalue weighted by Crippen LogP contribution is 2.25. The zero-order valence-electron chi connectivity index (χ0n) is 14.8. The zero-order chi connectivity index (χ0) is 20.3. The van der Waals surface area contributed by atoms with Crippen LogP contribution >= 0.6 is 11.6 Å². The number of amides is 2. The van der Waals surface area contributed by atoms with E-state index < -0.39 is 5.91 Å². The van der Waals surface area contributed by atoms with E-state index in [-0.39, 0.29) is 11.7 Å². The Morgan fingerprint density at radius 2 is 1.79 bits per heavy atom. The second kappa shape index (κ2) is 8.06. The van der Waals surface area contributed by atoms with Crippen LogP contribution in [0.2, 0.25) is 5.15 Å². The van der Waals surface area contributed by atoms with Gasteiger partial charge in [0.25, 0.3) is 0 Å². The van der Waals surface area contributed by atoms with Gasteiger partial charge in [-0.05, 0) is 61.5 Å². The molecule has 0 radical (unpaired) electrons. The summed E-state index contributed by atoms with van der Waals surface area (Å²) in [5.41, 5.74) is 7.84. The van der Waals surface area contributed by atoms with Gasteiger partial charge in [-0.1, -0.05) is 11.6 Å². The molecule has 0 unspecified atom stereocenters. The van der Waals surface area contributed by atoms with E-state index in [4.69, 9.17) is 17.3 Å². The van der Waals surface area contributed by atoms with Crippen molar-refractivity contribution >= 4 is 35.2 Å². The van der Waals surface area contributed by atoms with Gasteiger partial charge in [0, 0.05) is 22.9 Å². The summed E-state index contributed by atoms with van der Waals surface area (Å²) in [5.74, 6) is -1.28. The van der Waals surface area contributed by atoms with Crippen molar-refractivity contribution in [1.29, 1.82) is 0 Å². The van der Waals surface area contributed by atoms with Crippen molar-refractivity contribution in [2.45, 2.75) is 6.92 Å². The first-order chi connectivity index (χ1) is 13.3. The van der Waals surface area contributed by atoms with Crippen LogP contribution < -0.4 is 11.1 Å². The Bertz CT molecular complexity index is 1060. The van der Waals surface area contributed by atoms with E-state index in [9.17, 15) is 14.0 Å². The van der Waals surface area contributed by atoms with Crippen LogP contribution in [-0.4, -0.2) is 21.6 Å². The minimum atomic E-state index is -0.541. The lowest BCUT2D eigenvalue weighted by molar-refractivity contribution is -0.111. The van der Waals surface area contributed by atoms with E-state index in [1.165, 1.54) is 35.0 Å². The fourth-order valence-corrected chi connectivity index (χ4v) is 2.85. The molecular weight excluding hydrogens is 383 g/mol. The van der Waals surface area contributed by atoms with Gasteiger partial charge in [0.1, 0.15) is 11.0 Å². The van der Waals surface area contributed by atoms with E-state index in [0.29, 0.717) is 33.3 Å². The van der Waals surface area contributed by atoms with E-state index in [1.807, 2.05) is 0 Å². The molecule has 0 aliphatic heterocycles. The van der Waals surface area contributed by atoms with E-state index in [2.05, 4.69) is 10.4 Å². The fraction of sp³-hybridized carbons (Fsp3) is 0.0500. The summed E-state index contributed by atoms with van der Waals surface area (Å²) in [6, 6.07) is 12.0. The predicted octanol–water partition coefficient (Wildman–Crippen LogP) is 3.72. The van der Waals surface area contributed by atoms with Crippen molar-refractivity contribution in [3.05, 3.63) is 82.4 Å². The average Bonchev–Trinajstić information content (AvgIpc) is 2.95. The Balaban J connectivity index is 1.75. The number of nitrogens with two attached hydrogens (primary N) is 1. The van der Waals surface area contributed by atoms with Crippen LogP contribution in [-0.2, 0) is 4.79 Å². The smallest absolute Gasteiger partial charge is 0.248 e. The number of hydrogen-bond donors (Lipinski definition) is 2. The number of nitrogens with zero attached hydrogens (tertiary/aromatic N) is 2. The minimum Gasteiger partial charge on any atom is -0.366 e. The van der Waals surface area contributed by atoms with Crippen molar-refractivity contribution in [3.63, 3.8) is 0 Å². The van der Waals surface area contributed by atoms with Gasteiger partial charge in [-0.25, -0.2) is 9.07 Å². The Labute approximate surface area is 165 Å². The number of aromatic nitrogens is 2. The normalized spacial score (nSPS) is 11.0.